The van der Waals surface area contributed by atoms with Crippen LogP contribution in [-0.2, 0) is 20.5 Å². The third-order valence-electron chi connectivity index (χ3n) is 4.10. The van der Waals surface area contributed by atoms with Gasteiger partial charge in [-0.1, -0.05) is 18.2 Å². The zero-order valence-electron chi connectivity index (χ0n) is 13.0. The second kappa shape index (κ2) is 5.24. The smallest absolute Gasteiger partial charge is 0.146 e. The highest BCUT2D eigenvalue weighted by Crippen LogP contribution is 2.32. The quantitative estimate of drug-likeness (QED) is 0.630. The van der Waals surface area contributed by atoms with Crippen LogP contribution in [0.5, 0.6) is 0 Å². The maximum absolute atomic E-state index is 6.31. The number of nitrogens with zero attached hydrogens (tertiary/aromatic N) is 4. The van der Waals surface area contributed by atoms with Crippen LogP contribution in [-0.4, -0.2) is 19.3 Å². The summed E-state index contributed by atoms with van der Waals surface area (Å²) in [5.41, 5.74) is 10.3. The lowest BCUT2D eigenvalue weighted by Gasteiger charge is -2.04. The Kier molecular flexibility index (Phi) is 3.20. The Morgan fingerprint density at radius 2 is 1.96 bits per heavy atom. The molecule has 3 aromatic heterocycles. The number of fused-ring (bicyclic) bond motifs is 1. The molecule has 1 aromatic carbocycles. The molecule has 0 aliphatic rings. The molecule has 116 valence electrons. The monoisotopic (exact) mass is 323 g/mol. The summed E-state index contributed by atoms with van der Waals surface area (Å²) in [7, 11) is 3.89. The van der Waals surface area contributed by atoms with E-state index in [2.05, 4.69) is 33.2 Å². The third kappa shape index (κ3) is 2.22. The van der Waals surface area contributed by atoms with E-state index in [-0.39, 0.29) is 0 Å². The van der Waals surface area contributed by atoms with E-state index in [9.17, 15) is 0 Å². The van der Waals surface area contributed by atoms with E-state index in [1.54, 1.807) is 16.0 Å². The van der Waals surface area contributed by atoms with E-state index < -0.39 is 0 Å². The first-order valence-electron chi connectivity index (χ1n) is 7.40. The molecule has 0 radical (unpaired) electrons. The lowest BCUT2D eigenvalue weighted by Crippen LogP contribution is -2.00. The van der Waals surface area contributed by atoms with Crippen molar-refractivity contribution in [2.24, 2.45) is 14.1 Å². The van der Waals surface area contributed by atoms with E-state index in [0.29, 0.717) is 5.82 Å². The number of para-hydroxylation sites is 2. The van der Waals surface area contributed by atoms with Gasteiger partial charge in [-0.15, -0.1) is 11.3 Å². The minimum absolute atomic E-state index is 0.648. The molecule has 4 aromatic rings. The number of benzene rings is 1. The van der Waals surface area contributed by atoms with Crippen LogP contribution >= 0.6 is 11.3 Å². The van der Waals surface area contributed by atoms with Crippen molar-refractivity contribution >= 4 is 28.2 Å². The van der Waals surface area contributed by atoms with Gasteiger partial charge in [0, 0.05) is 25.4 Å². The van der Waals surface area contributed by atoms with Crippen LogP contribution in [0, 0.1) is 0 Å². The first-order chi connectivity index (χ1) is 11.1. The average Bonchev–Trinajstić information content (AvgIpc) is 3.22. The molecule has 5 nitrogen and oxygen atoms in total. The van der Waals surface area contributed by atoms with E-state index in [1.165, 1.54) is 4.88 Å². The summed E-state index contributed by atoms with van der Waals surface area (Å²) in [6.45, 7) is 0. The summed E-state index contributed by atoms with van der Waals surface area (Å²) in [5, 5.41) is 6.70. The maximum atomic E-state index is 6.31. The fourth-order valence-corrected chi connectivity index (χ4v) is 3.62. The van der Waals surface area contributed by atoms with Gasteiger partial charge in [0.05, 0.1) is 22.3 Å². The van der Waals surface area contributed by atoms with Crippen LogP contribution in [0.4, 0.5) is 5.82 Å². The number of nitrogens with two attached hydrogens (primary N) is 1. The molecule has 3 heterocycles. The van der Waals surface area contributed by atoms with Crippen molar-refractivity contribution in [3.8, 4) is 11.4 Å². The van der Waals surface area contributed by atoms with Crippen LogP contribution in [0.15, 0.2) is 41.8 Å². The molecule has 0 saturated heterocycles. The number of thiophene rings is 1. The molecule has 0 aliphatic carbocycles. The van der Waals surface area contributed by atoms with Crippen LogP contribution in [0.25, 0.3) is 22.4 Å². The first kappa shape index (κ1) is 14.0. The first-order valence-corrected chi connectivity index (χ1v) is 8.28. The molecule has 6 heteroatoms. The fourth-order valence-electron chi connectivity index (χ4n) is 2.91. The second-order valence-electron chi connectivity index (χ2n) is 5.57. The Morgan fingerprint density at radius 1 is 1.13 bits per heavy atom. The highest BCUT2D eigenvalue weighted by Gasteiger charge is 2.21. The lowest BCUT2D eigenvalue weighted by molar-refractivity contribution is 0.760. The molecular formula is C17H17N5S. The standard InChI is InChI=1S/C17H17N5S/c1-21-14-8-4-3-7-12(14)19-17(21)15-13(20-22(2)16(15)18)10-11-6-5-9-23-11/h3-9H,10,18H2,1-2H3. The largest absolute Gasteiger partial charge is 0.383 e. The third-order valence-corrected chi connectivity index (χ3v) is 4.97. The average molecular weight is 323 g/mol. The molecule has 0 aliphatic heterocycles. The van der Waals surface area contributed by atoms with Gasteiger partial charge in [-0.25, -0.2) is 4.98 Å². The van der Waals surface area contributed by atoms with Crippen LogP contribution in [0.1, 0.15) is 10.6 Å². The maximum Gasteiger partial charge on any atom is 0.146 e. The Labute approximate surface area is 138 Å². The van der Waals surface area contributed by atoms with Crippen molar-refractivity contribution in [2.45, 2.75) is 6.42 Å². The van der Waals surface area contributed by atoms with Gasteiger partial charge in [0.25, 0.3) is 0 Å². The van der Waals surface area contributed by atoms with E-state index in [4.69, 9.17) is 10.7 Å². The van der Waals surface area contributed by atoms with E-state index >= 15 is 0 Å². The van der Waals surface area contributed by atoms with Gasteiger partial charge in [-0.2, -0.15) is 5.10 Å². The van der Waals surface area contributed by atoms with Gasteiger partial charge < -0.3 is 10.3 Å². The Morgan fingerprint density at radius 3 is 2.70 bits per heavy atom. The molecule has 0 spiro atoms. The van der Waals surface area contributed by atoms with Crippen molar-refractivity contribution in [2.75, 3.05) is 5.73 Å². The number of aromatic nitrogens is 4. The zero-order valence-corrected chi connectivity index (χ0v) is 13.8. The summed E-state index contributed by atoms with van der Waals surface area (Å²) < 4.78 is 3.82. The molecule has 0 fully saturated rings. The summed E-state index contributed by atoms with van der Waals surface area (Å²) in [6, 6.07) is 12.3. The Balaban J connectivity index is 1.91. The molecule has 0 amide bonds. The number of rotatable bonds is 3. The van der Waals surface area contributed by atoms with Crippen molar-refractivity contribution in [1.29, 1.82) is 0 Å². The highest BCUT2D eigenvalue weighted by atomic mass is 32.1. The van der Waals surface area contributed by atoms with Gasteiger partial charge in [0.1, 0.15) is 11.6 Å². The summed E-state index contributed by atoms with van der Waals surface area (Å²) in [4.78, 5) is 6.05. The molecular weight excluding hydrogens is 306 g/mol. The molecule has 2 N–H and O–H groups in total. The number of hydrogen-bond acceptors (Lipinski definition) is 4. The fraction of sp³-hybridized carbons (Fsp3) is 0.176. The van der Waals surface area contributed by atoms with E-state index in [1.807, 2.05) is 32.3 Å². The molecule has 23 heavy (non-hydrogen) atoms. The van der Waals surface area contributed by atoms with Crippen LogP contribution < -0.4 is 5.73 Å². The number of nitrogen functional groups attached to an aromatic ring is 1. The van der Waals surface area contributed by atoms with Crippen LogP contribution in [0.3, 0.4) is 0 Å². The second-order valence-corrected chi connectivity index (χ2v) is 6.60. The predicted octanol–water partition coefficient (Wildman–Crippen LogP) is 3.21. The van der Waals surface area contributed by atoms with E-state index in [0.717, 1.165) is 34.5 Å². The summed E-state index contributed by atoms with van der Waals surface area (Å²) >= 11 is 1.73. The number of aryl methyl sites for hydroxylation is 2. The SMILES string of the molecule is Cn1nc(Cc2cccs2)c(-c2nc3ccccc3n2C)c1N. The van der Waals surface area contributed by atoms with Crippen molar-refractivity contribution in [3.05, 3.63) is 52.3 Å². The summed E-state index contributed by atoms with van der Waals surface area (Å²) in [5.74, 6) is 1.51. The van der Waals surface area contributed by atoms with Gasteiger partial charge in [0.2, 0.25) is 0 Å². The Hall–Kier alpha value is -2.60. The van der Waals surface area contributed by atoms with Crippen molar-refractivity contribution < 1.29 is 0 Å². The number of anilines is 1. The minimum Gasteiger partial charge on any atom is -0.383 e. The van der Waals surface area contributed by atoms with Crippen LogP contribution in [0.2, 0.25) is 0 Å². The molecule has 0 bridgehead atoms. The normalized spacial score (nSPS) is 11.4. The number of hydrogen-bond donors (Lipinski definition) is 1. The molecule has 0 atom stereocenters. The van der Waals surface area contributed by atoms with Gasteiger partial charge >= 0.3 is 0 Å². The predicted molar refractivity (Wildman–Crippen MR) is 94.5 cm³/mol. The van der Waals surface area contributed by atoms with Gasteiger partial charge in [-0.05, 0) is 23.6 Å². The zero-order chi connectivity index (χ0) is 16.0. The Bertz CT molecular complexity index is 978. The molecule has 0 saturated carbocycles. The number of imidazole rings is 1. The highest BCUT2D eigenvalue weighted by molar-refractivity contribution is 7.09. The van der Waals surface area contributed by atoms with Crippen molar-refractivity contribution in [3.63, 3.8) is 0 Å². The minimum atomic E-state index is 0.648. The molecule has 4 rings (SSSR count). The van der Waals surface area contributed by atoms with Gasteiger partial charge in [0.15, 0.2) is 0 Å². The lowest BCUT2D eigenvalue weighted by atomic mass is 10.1. The topological polar surface area (TPSA) is 61.7 Å². The van der Waals surface area contributed by atoms with Gasteiger partial charge in [-0.3, -0.25) is 4.68 Å². The molecule has 0 unspecified atom stereocenters. The van der Waals surface area contributed by atoms with Crippen molar-refractivity contribution in [1.82, 2.24) is 19.3 Å². The summed E-state index contributed by atoms with van der Waals surface area (Å²) in [6.07, 6.45) is 0.765.